The van der Waals surface area contributed by atoms with E-state index in [0.717, 1.165) is 24.9 Å². The fourth-order valence-electron chi connectivity index (χ4n) is 2.16. The Morgan fingerprint density at radius 1 is 1.10 bits per heavy atom. The lowest BCUT2D eigenvalue weighted by Crippen LogP contribution is -2.20. The Hall–Kier alpha value is -1.87. The molecule has 1 aromatic carbocycles. The van der Waals surface area contributed by atoms with Gasteiger partial charge in [-0.1, -0.05) is 19.1 Å². The predicted molar refractivity (Wildman–Crippen MR) is 82.9 cm³/mol. The van der Waals surface area contributed by atoms with Gasteiger partial charge in [-0.05, 0) is 48.2 Å². The molecule has 0 unspecified atom stereocenters. The van der Waals surface area contributed by atoms with E-state index in [4.69, 9.17) is 0 Å². The van der Waals surface area contributed by atoms with Crippen LogP contribution in [0.2, 0.25) is 0 Å². The number of nitrogens with zero attached hydrogens (tertiary/aromatic N) is 2. The van der Waals surface area contributed by atoms with Gasteiger partial charge >= 0.3 is 0 Å². The highest BCUT2D eigenvalue weighted by atomic mass is 16.3. The van der Waals surface area contributed by atoms with Crippen molar-refractivity contribution in [3.05, 3.63) is 59.9 Å². The lowest BCUT2D eigenvalue weighted by Gasteiger charge is -2.20. The van der Waals surface area contributed by atoms with E-state index in [-0.39, 0.29) is 6.10 Å². The minimum Gasteiger partial charge on any atom is -0.388 e. The molecule has 3 heteroatoms. The molecule has 0 aliphatic carbocycles. The highest BCUT2D eigenvalue weighted by molar-refractivity contribution is 5.47. The Morgan fingerprint density at radius 2 is 1.75 bits per heavy atom. The van der Waals surface area contributed by atoms with Crippen molar-refractivity contribution in [2.24, 2.45) is 0 Å². The molecule has 0 radical (unpaired) electrons. The van der Waals surface area contributed by atoms with Gasteiger partial charge in [0.05, 0.1) is 6.10 Å². The Morgan fingerprint density at radius 3 is 2.35 bits per heavy atom. The van der Waals surface area contributed by atoms with Gasteiger partial charge in [-0.2, -0.15) is 0 Å². The first-order chi connectivity index (χ1) is 9.70. The summed E-state index contributed by atoms with van der Waals surface area (Å²) in [6.45, 7) is 2.94. The molecule has 1 atom stereocenters. The number of anilines is 1. The third-order valence-electron chi connectivity index (χ3n) is 3.59. The zero-order valence-electron chi connectivity index (χ0n) is 12.2. The van der Waals surface area contributed by atoms with Gasteiger partial charge in [0.1, 0.15) is 0 Å². The normalized spacial score (nSPS) is 12.2. The van der Waals surface area contributed by atoms with E-state index in [1.54, 1.807) is 0 Å². The zero-order valence-corrected chi connectivity index (χ0v) is 12.2. The minimum atomic E-state index is -0.355. The number of aliphatic hydroxyl groups excluding tert-OH is 1. The summed E-state index contributed by atoms with van der Waals surface area (Å²) in [5, 5.41) is 9.79. The van der Waals surface area contributed by atoms with Gasteiger partial charge in [0.2, 0.25) is 0 Å². The molecule has 0 spiro atoms. The van der Waals surface area contributed by atoms with Crippen LogP contribution in [0.3, 0.4) is 0 Å². The van der Waals surface area contributed by atoms with Crippen LogP contribution < -0.4 is 4.90 Å². The minimum absolute atomic E-state index is 0.355. The smallest absolute Gasteiger partial charge is 0.0787 e. The highest BCUT2D eigenvalue weighted by Crippen LogP contribution is 2.20. The zero-order chi connectivity index (χ0) is 14.4. The predicted octanol–water partition coefficient (Wildman–Crippen LogP) is 3.20. The summed E-state index contributed by atoms with van der Waals surface area (Å²) in [5.74, 6) is 0. The van der Waals surface area contributed by atoms with Crippen LogP contribution in [0.4, 0.5) is 5.69 Å². The van der Waals surface area contributed by atoms with E-state index in [1.165, 1.54) is 11.3 Å². The van der Waals surface area contributed by atoms with Crippen molar-refractivity contribution in [2.75, 3.05) is 18.5 Å². The number of aliphatic hydroxyl groups is 1. The lowest BCUT2D eigenvalue weighted by atomic mass is 10.1. The number of aromatic nitrogens is 1. The molecule has 20 heavy (non-hydrogen) atoms. The first-order valence-electron chi connectivity index (χ1n) is 7.08. The first-order valence-corrected chi connectivity index (χ1v) is 7.08. The van der Waals surface area contributed by atoms with Crippen molar-refractivity contribution in [3.63, 3.8) is 0 Å². The summed E-state index contributed by atoms with van der Waals surface area (Å²) in [6.07, 6.45) is 5.05. The summed E-state index contributed by atoms with van der Waals surface area (Å²) in [7, 11) is 2.09. The third kappa shape index (κ3) is 3.81. The topological polar surface area (TPSA) is 36.4 Å². The molecule has 1 aromatic heterocycles. The highest BCUT2D eigenvalue weighted by Gasteiger charge is 2.06. The fourth-order valence-corrected chi connectivity index (χ4v) is 2.16. The van der Waals surface area contributed by atoms with Crippen LogP contribution in [0.15, 0.2) is 48.8 Å². The van der Waals surface area contributed by atoms with Crippen LogP contribution in [0.5, 0.6) is 0 Å². The van der Waals surface area contributed by atoms with Gasteiger partial charge in [0.15, 0.2) is 0 Å². The molecule has 2 rings (SSSR count). The van der Waals surface area contributed by atoms with E-state index >= 15 is 0 Å². The fraction of sp³-hybridized carbons (Fsp3) is 0.353. The second-order valence-corrected chi connectivity index (χ2v) is 5.04. The Balaban J connectivity index is 1.94. The number of rotatable bonds is 6. The molecule has 0 fully saturated rings. The number of hydrogen-bond acceptors (Lipinski definition) is 3. The van der Waals surface area contributed by atoms with Crippen LogP contribution >= 0.6 is 0 Å². The lowest BCUT2D eigenvalue weighted by molar-refractivity contribution is 0.173. The number of pyridine rings is 1. The van der Waals surface area contributed by atoms with Gasteiger partial charge in [0.25, 0.3) is 0 Å². The van der Waals surface area contributed by atoms with E-state index in [0.29, 0.717) is 0 Å². The van der Waals surface area contributed by atoms with Crippen LogP contribution in [0.25, 0.3) is 0 Å². The molecule has 106 valence electrons. The summed E-state index contributed by atoms with van der Waals surface area (Å²) < 4.78 is 0. The maximum Gasteiger partial charge on any atom is 0.0787 e. The monoisotopic (exact) mass is 270 g/mol. The first kappa shape index (κ1) is 14.5. The number of hydrogen-bond donors (Lipinski definition) is 1. The quantitative estimate of drug-likeness (QED) is 0.875. The molecule has 0 aliphatic heterocycles. The number of benzene rings is 1. The maximum absolute atomic E-state index is 9.79. The summed E-state index contributed by atoms with van der Waals surface area (Å²) in [4.78, 5) is 6.25. The Labute approximate surface area is 120 Å². The molecule has 0 amide bonds. The summed E-state index contributed by atoms with van der Waals surface area (Å²) in [5.41, 5.74) is 3.45. The molecular weight excluding hydrogens is 248 g/mol. The third-order valence-corrected chi connectivity index (χ3v) is 3.59. The van der Waals surface area contributed by atoms with Gasteiger partial charge in [-0.15, -0.1) is 0 Å². The SMILES string of the molecule is CC[C@@H](O)c1ccc(N(C)CCc2ccncc2)cc1. The summed E-state index contributed by atoms with van der Waals surface area (Å²) >= 11 is 0. The molecule has 1 heterocycles. The van der Waals surface area contributed by atoms with Crippen molar-refractivity contribution < 1.29 is 5.11 Å². The molecular formula is C17H22N2O. The Kier molecular flexibility index (Phi) is 5.13. The van der Waals surface area contributed by atoms with Crippen molar-refractivity contribution in [1.29, 1.82) is 0 Å². The van der Waals surface area contributed by atoms with Crippen molar-refractivity contribution in [3.8, 4) is 0 Å². The van der Waals surface area contributed by atoms with Crippen LogP contribution in [-0.2, 0) is 6.42 Å². The second-order valence-electron chi connectivity index (χ2n) is 5.04. The average molecular weight is 270 g/mol. The molecule has 0 bridgehead atoms. The van der Waals surface area contributed by atoms with Crippen molar-refractivity contribution in [2.45, 2.75) is 25.9 Å². The van der Waals surface area contributed by atoms with Crippen molar-refractivity contribution in [1.82, 2.24) is 4.98 Å². The number of likely N-dealkylation sites (N-methyl/N-ethyl adjacent to an activating group) is 1. The average Bonchev–Trinajstić information content (AvgIpc) is 2.53. The second kappa shape index (κ2) is 7.06. The van der Waals surface area contributed by atoms with Crippen LogP contribution in [0.1, 0.15) is 30.6 Å². The molecule has 0 saturated carbocycles. The molecule has 3 nitrogen and oxygen atoms in total. The van der Waals surface area contributed by atoms with Crippen LogP contribution in [-0.4, -0.2) is 23.7 Å². The Bertz CT molecular complexity index is 510. The standard InChI is InChI=1S/C17H22N2O/c1-3-17(20)15-4-6-16(7-5-15)19(2)13-10-14-8-11-18-12-9-14/h4-9,11-12,17,20H,3,10,13H2,1-2H3/t17-/m1/s1. The largest absolute Gasteiger partial charge is 0.388 e. The van der Waals surface area contributed by atoms with Crippen molar-refractivity contribution >= 4 is 5.69 Å². The van der Waals surface area contributed by atoms with Crippen LogP contribution in [0, 0.1) is 0 Å². The van der Waals surface area contributed by atoms with Gasteiger partial charge in [-0.3, -0.25) is 4.98 Å². The molecule has 0 saturated heterocycles. The molecule has 2 aromatic rings. The van der Waals surface area contributed by atoms with Gasteiger partial charge in [-0.25, -0.2) is 0 Å². The van der Waals surface area contributed by atoms with Gasteiger partial charge < -0.3 is 10.0 Å². The molecule has 0 aliphatic rings. The maximum atomic E-state index is 9.79. The van der Waals surface area contributed by atoms with E-state index < -0.39 is 0 Å². The summed E-state index contributed by atoms with van der Waals surface area (Å²) in [6, 6.07) is 12.3. The van der Waals surface area contributed by atoms with E-state index in [1.807, 2.05) is 31.5 Å². The van der Waals surface area contributed by atoms with Gasteiger partial charge in [0, 0.05) is 31.7 Å². The van der Waals surface area contributed by atoms with E-state index in [2.05, 4.69) is 41.2 Å². The molecule has 1 N–H and O–H groups in total. The van der Waals surface area contributed by atoms with E-state index in [9.17, 15) is 5.11 Å².